The van der Waals surface area contributed by atoms with Gasteiger partial charge in [-0.15, -0.1) is 11.8 Å². The SMILES string of the molecule is CCC(C)NC(=O)C1CSC(c2ccoc2)N1C(=O)c1ccc(F)cc1. The van der Waals surface area contributed by atoms with Gasteiger partial charge in [0.25, 0.3) is 5.91 Å². The number of carbonyl (C=O) groups is 2. The summed E-state index contributed by atoms with van der Waals surface area (Å²) in [6, 6.07) is 6.61. The van der Waals surface area contributed by atoms with Crippen molar-refractivity contribution in [1.82, 2.24) is 10.2 Å². The summed E-state index contributed by atoms with van der Waals surface area (Å²) in [5.41, 5.74) is 1.17. The molecule has 26 heavy (non-hydrogen) atoms. The summed E-state index contributed by atoms with van der Waals surface area (Å²) in [5.74, 6) is -0.390. The van der Waals surface area contributed by atoms with Crippen LogP contribution in [-0.2, 0) is 4.79 Å². The zero-order valence-corrected chi connectivity index (χ0v) is 15.5. The molecule has 1 fully saturated rings. The Labute approximate surface area is 155 Å². The van der Waals surface area contributed by atoms with Crippen LogP contribution in [0.5, 0.6) is 0 Å². The minimum Gasteiger partial charge on any atom is -0.472 e. The molecule has 3 atom stereocenters. The number of hydrogen-bond acceptors (Lipinski definition) is 4. The number of hydrogen-bond donors (Lipinski definition) is 1. The molecule has 1 aliphatic rings. The third-order valence-electron chi connectivity index (χ3n) is 4.46. The fraction of sp³-hybridized carbons (Fsp3) is 0.368. The van der Waals surface area contributed by atoms with Crippen LogP contribution >= 0.6 is 11.8 Å². The van der Waals surface area contributed by atoms with Crippen LogP contribution in [-0.4, -0.2) is 34.6 Å². The first-order valence-electron chi connectivity index (χ1n) is 8.53. The van der Waals surface area contributed by atoms with E-state index in [1.54, 1.807) is 23.5 Å². The first kappa shape index (κ1) is 18.5. The van der Waals surface area contributed by atoms with Crippen molar-refractivity contribution in [2.45, 2.75) is 37.7 Å². The lowest BCUT2D eigenvalue weighted by Crippen LogP contribution is -2.49. The van der Waals surface area contributed by atoms with Gasteiger partial charge in [-0.3, -0.25) is 9.59 Å². The van der Waals surface area contributed by atoms with E-state index in [-0.39, 0.29) is 23.2 Å². The molecule has 0 spiro atoms. The highest BCUT2D eigenvalue weighted by Crippen LogP contribution is 2.42. The fourth-order valence-corrected chi connectivity index (χ4v) is 4.22. The molecule has 3 unspecified atom stereocenters. The molecular weight excluding hydrogens is 355 g/mol. The molecule has 1 saturated heterocycles. The maximum absolute atomic E-state index is 13.2. The van der Waals surface area contributed by atoms with Crippen molar-refractivity contribution >= 4 is 23.6 Å². The van der Waals surface area contributed by atoms with Crippen molar-refractivity contribution in [3.63, 3.8) is 0 Å². The standard InChI is InChI=1S/C19H21FN2O3S/c1-3-12(2)21-17(23)16-11-26-19(14-8-9-25-10-14)22(16)18(24)13-4-6-15(20)7-5-13/h4-10,12,16,19H,3,11H2,1-2H3,(H,21,23). The third-order valence-corrected chi connectivity index (χ3v) is 5.78. The molecule has 2 amide bonds. The normalized spacial score (nSPS) is 20.8. The number of nitrogens with zero attached hydrogens (tertiary/aromatic N) is 1. The lowest BCUT2D eigenvalue weighted by Gasteiger charge is -2.29. The average Bonchev–Trinajstić information content (AvgIpc) is 3.30. The molecule has 3 rings (SSSR count). The van der Waals surface area contributed by atoms with Crippen LogP contribution in [0, 0.1) is 5.82 Å². The van der Waals surface area contributed by atoms with Crippen LogP contribution in [0.15, 0.2) is 47.3 Å². The van der Waals surface area contributed by atoms with E-state index in [0.717, 1.165) is 12.0 Å². The van der Waals surface area contributed by atoms with Crippen LogP contribution in [0.25, 0.3) is 0 Å². The predicted molar refractivity (Wildman–Crippen MR) is 98.2 cm³/mol. The van der Waals surface area contributed by atoms with Gasteiger partial charge in [0, 0.05) is 22.9 Å². The predicted octanol–water partition coefficient (Wildman–Crippen LogP) is 3.59. The van der Waals surface area contributed by atoms with Gasteiger partial charge in [0.1, 0.15) is 17.2 Å². The van der Waals surface area contributed by atoms with E-state index < -0.39 is 11.9 Å². The quantitative estimate of drug-likeness (QED) is 0.866. The van der Waals surface area contributed by atoms with Crippen LogP contribution in [0.1, 0.15) is 41.6 Å². The van der Waals surface area contributed by atoms with Gasteiger partial charge in [-0.25, -0.2) is 4.39 Å². The summed E-state index contributed by atoms with van der Waals surface area (Å²) >= 11 is 1.52. The summed E-state index contributed by atoms with van der Waals surface area (Å²) in [5, 5.41) is 2.63. The molecule has 0 radical (unpaired) electrons. The van der Waals surface area contributed by atoms with Crippen LogP contribution in [0.3, 0.4) is 0 Å². The Balaban J connectivity index is 1.90. The molecule has 2 aromatic rings. The van der Waals surface area contributed by atoms with Gasteiger partial charge in [0.05, 0.1) is 12.5 Å². The molecule has 0 aliphatic carbocycles. The summed E-state index contributed by atoms with van der Waals surface area (Å²) in [4.78, 5) is 27.4. The van der Waals surface area contributed by atoms with Crippen molar-refractivity contribution in [1.29, 1.82) is 0 Å². The summed E-state index contributed by atoms with van der Waals surface area (Å²) in [6.45, 7) is 3.92. The second-order valence-corrected chi connectivity index (χ2v) is 7.41. The Morgan fingerprint density at radius 1 is 1.35 bits per heavy atom. The van der Waals surface area contributed by atoms with E-state index >= 15 is 0 Å². The van der Waals surface area contributed by atoms with Crippen molar-refractivity contribution in [3.05, 3.63) is 59.8 Å². The zero-order chi connectivity index (χ0) is 18.7. The van der Waals surface area contributed by atoms with Gasteiger partial charge >= 0.3 is 0 Å². The number of nitrogens with one attached hydrogen (secondary N) is 1. The number of halogens is 1. The highest BCUT2D eigenvalue weighted by molar-refractivity contribution is 7.99. The first-order valence-corrected chi connectivity index (χ1v) is 9.58. The fourth-order valence-electron chi connectivity index (χ4n) is 2.81. The lowest BCUT2D eigenvalue weighted by atomic mass is 10.1. The molecule has 0 saturated carbocycles. The third kappa shape index (κ3) is 3.77. The molecule has 1 aromatic carbocycles. The number of benzene rings is 1. The molecule has 138 valence electrons. The first-order chi connectivity index (χ1) is 12.5. The molecule has 5 nitrogen and oxygen atoms in total. The molecule has 2 heterocycles. The van der Waals surface area contributed by atoms with Crippen molar-refractivity contribution in [2.24, 2.45) is 0 Å². The summed E-state index contributed by atoms with van der Waals surface area (Å²) in [6.07, 6.45) is 3.93. The van der Waals surface area contributed by atoms with Gasteiger partial charge in [0.2, 0.25) is 5.91 Å². The summed E-state index contributed by atoms with van der Waals surface area (Å²) < 4.78 is 18.4. The highest BCUT2D eigenvalue weighted by atomic mass is 32.2. The Kier molecular flexibility index (Phi) is 5.66. The van der Waals surface area contributed by atoms with E-state index in [4.69, 9.17) is 4.42 Å². The van der Waals surface area contributed by atoms with E-state index in [1.165, 1.54) is 36.0 Å². The second-order valence-electron chi connectivity index (χ2n) is 6.30. The molecule has 1 aliphatic heterocycles. The van der Waals surface area contributed by atoms with E-state index in [9.17, 15) is 14.0 Å². The second kappa shape index (κ2) is 7.95. The maximum Gasteiger partial charge on any atom is 0.255 e. The number of carbonyl (C=O) groups excluding carboxylic acids is 2. The van der Waals surface area contributed by atoms with Crippen LogP contribution in [0.2, 0.25) is 0 Å². The van der Waals surface area contributed by atoms with Gasteiger partial charge in [-0.1, -0.05) is 6.92 Å². The zero-order valence-electron chi connectivity index (χ0n) is 14.6. The Bertz CT molecular complexity index is 764. The van der Waals surface area contributed by atoms with Crippen molar-refractivity contribution in [3.8, 4) is 0 Å². The van der Waals surface area contributed by atoms with Crippen molar-refractivity contribution in [2.75, 3.05) is 5.75 Å². The number of amides is 2. The smallest absolute Gasteiger partial charge is 0.255 e. The molecule has 0 bridgehead atoms. The highest BCUT2D eigenvalue weighted by Gasteiger charge is 2.43. The minimum atomic E-state index is -0.591. The number of thioether (sulfide) groups is 1. The van der Waals surface area contributed by atoms with Crippen LogP contribution in [0.4, 0.5) is 4.39 Å². The molecule has 1 N–H and O–H groups in total. The Morgan fingerprint density at radius 3 is 2.69 bits per heavy atom. The minimum absolute atomic E-state index is 0.0308. The van der Waals surface area contributed by atoms with Crippen molar-refractivity contribution < 1.29 is 18.4 Å². The molecule has 7 heteroatoms. The number of furan rings is 1. The maximum atomic E-state index is 13.2. The molecular formula is C19H21FN2O3S. The van der Waals surface area contributed by atoms with Gasteiger partial charge in [-0.2, -0.15) is 0 Å². The van der Waals surface area contributed by atoms with Gasteiger partial charge < -0.3 is 14.6 Å². The van der Waals surface area contributed by atoms with E-state index in [0.29, 0.717) is 11.3 Å². The Morgan fingerprint density at radius 2 is 2.08 bits per heavy atom. The van der Waals surface area contributed by atoms with Gasteiger partial charge in [0.15, 0.2) is 0 Å². The topological polar surface area (TPSA) is 62.6 Å². The number of rotatable bonds is 5. The van der Waals surface area contributed by atoms with E-state index in [1.807, 2.05) is 13.8 Å². The monoisotopic (exact) mass is 376 g/mol. The lowest BCUT2D eigenvalue weighted by molar-refractivity contribution is -0.125. The largest absolute Gasteiger partial charge is 0.472 e. The van der Waals surface area contributed by atoms with Gasteiger partial charge in [-0.05, 0) is 43.7 Å². The Hall–Kier alpha value is -2.28. The molecule has 1 aromatic heterocycles. The van der Waals surface area contributed by atoms with Crippen LogP contribution < -0.4 is 5.32 Å². The van der Waals surface area contributed by atoms with E-state index in [2.05, 4.69) is 5.32 Å². The average molecular weight is 376 g/mol. The summed E-state index contributed by atoms with van der Waals surface area (Å²) in [7, 11) is 0.